The molecule has 0 N–H and O–H groups in total. The van der Waals surface area contributed by atoms with E-state index in [-0.39, 0.29) is 31.2 Å². The molecule has 0 saturated heterocycles. The third kappa shape index (κ3) is 4.05. The number of aryl methyl sites for hydroxylation is 2. The van der Waals surface area contributed by atoms with E-state index in [0.29, 0.717) is 10.5 Å². The molecule has 1 unspecified atom stereocenters. The van der Waals surface area contributed by atoms with Gasteiger partial charge in [0.25, 0.3) is 11.8 Å². The fourth-order valence-corrected chi connectivity index (χ4v) is 4.21. The van der Waals surface area contributed by atoms with Crippen molar-refractivity contribution in [2.24, 2.45) is 0 Å². The number of nitrogens with zero attached hydrogens (tertiary/aromatic N) is 1. The van der Waals surface area contributed by atoms with Crippen LogP contribution in [-0.4, -0.2) is 41.1 Å². The van der Waals surface area contributed by atoms with Gasteiger partial charge in [-0.15, -0.1) is 0 Å². The van der Waals surface area contributed by atoms with Gasteiger partial charge >= 0.3 is 5.97 Å². The van der Waals surface area contributed by atoms with Crippen LogP contribution in [0.2, 0.25) is 20.1 Å². The standard InChI is InChI=1S/C21H15Cl4NO5/c1-8-4-5-9(2)11(6-8)12(27)7-31-21(30)10(3)26-19(28)13-14(20(26)29)16(23)18(25)17(24)15(13)22/h4-6,10H,7H2,1-3H3. The second-order valence-corrected chi connectivity index (χ2v) is 8.52. The fraction of sp³-hybridized carbons (Fsp3) is 0.238. The minimum absolute atomic E-state index is 0.176. The second-order valence-electron chi connectivity index (χ2n) is 7.01. The second kappa shape index (κ2) is 8.79. The van der Waals surface area contributed by atoms with Crippen molar-refractivity contribution >= 4 is 70.0 Å². The van der Waals surface area contributed by atoms with Crippen LogP contribution >= 0.6 is 46.4 Å². The lowest BCUT2D eigenvalue weighted by Crippen LogP contribution is -2.44. The lowest BCUT2D eigenvalue weighted by Gasteiger charge is -2.20. The molecule has 0 aromatic heterocycles. The first-order valence-corrected chi connectivity index (χ1v) is 10.5. The van der Waals surface area contributed by atoms with Crippen molar-refractivity contribution in [2.45, 2.75) is 26.8 Å². The van der Waals surface area contributed by atoms with E-state index < -0.39 is 36.2 Å². The molecule has 0 bridgehead atoms. The predicted molar refractivity (Wildman–Crippen MR) is 118 cm³/mol. The van der Waals surface area contributed by atoms with Crippen LogP contribution in [0.25, 0.3) is 0 Å². The Labute approximate surface area is 197 Å². The van der Waals surface area contributed by atoms with Crippen LogP contribution < -0.4 is 0 Å². The molecular formula is C21H15Cl4NO5. The van der Waals surface area contributed by atoms with Crippen LogP contribution in [0.3, 0.4) is 0 Å². The van der Waals surface area contributed by atoms with Crippen LogP contribution in [0.1, 0.15) is 49.1 Å². The normalized spacial score (nSPS) is 14.0. The van der Waals surface area contributed by atoms with Crippen molar-refractivity contribution < 1.29 is 23.9 Å². The van der Waals surface area contributed by atoms with Gasteiger partial charge in [0.05, 0.1) is 31.2 Å². The number of ether oxygens (including phenoxy) is 1. The molecule has 0 saturated carbocycles. The summed E-state index contributed by atoms with van der Waals surface area (Å²) in [6, 6.07) is 3.99. The van der Waals surface area contributed by atoms with E-state index >= 15 is 0 Å². The average Bonchev–Trinajstić information content (AvgIpc) is 2.99. The number of hydrogen-bond acceptors (Lipinski definition) is 5. The van der Waals surface area contributed by atoms with Gasteiger partial charge in [0.2, 0.25) is 5.78 Å². The Morgan fingerprint density at radius 2 is 1.45 bits per heavy atom. The number of hydrogen-bond donors (Lipinski definition) is 0. The van der Waals surface area contributed by atoms with E-state index in [1.807, 2.05) is 13.0 Å². The number of carbonyl (C=O) groups excluding carboxylic acids is 4. The number of Topliss-reactive ketones (excluding diaryl/α,β-unsaturated/α-hetero) is 1. The summed E-state index contributed by atoms with van der Waals surface area (Å²) >= 11 is 24.1. The first-order valence-electron chi connectivity index (χ1n) is 8.98. The largest absolute Gasteiger partial charge is 0.456 e. The summed E-state index contributed by atoms with van der Waals surface area (Å²) in [5.41, 5.74) is 1.56. The molecule has 2 aromatic carbocycles. The minimum atomic E-state index is -1.34. The molecule has 1 aliphatic rings. The van der Waals surface area contributed by atoms with Gasteiger partial charge < -0.3 is 4.74 Å². The highest BCUT2D eigenvalue weighted by Crippen LogP contribution is 2.45. The van der Waals surface area contributed by atoms with Gasteiger partial charge in [0.15, 0.2) is 6.61 Å². The average molecular weight is 503 g/mol. The SMILES string of the molecule is Cc1ccc(C)c(C(=O)COC(=O)C(C)N2C(=O)c3c(Cl)c(Cl)c(Cl)c(Cl)c3C2=O)c1. The number of esters is 1. The molecule has 0 spiro atoms. The van der Waals surface area contributed by atoms with Gasteiger partial charge in [-0.1, -0.05) is 64.1 Å². The minimum Gasteiger partial charge on any atom is -0.456 e. The zero-order valence-corrected chi connectivity index (χ0v) is 19.5. The van der Waals surface area contributed by atoms with E-state index in [9.17, 15) is 19.2 Å². The molecular weight excluding hydrogens is 488 g/mol. The Bertz CT molecular complexity index is 1110. The maximum Gasteiger partial charge on any atom is 0.329 e. The van der Waals surface area contributed by atoms with E-state index in [1.165, 1.54) is 6.92 Å². The van der Waals surface area contributed by atoms with Crippen molar-refractivity contribution in [3.05, 3.63) is 66.1 Å². The van der Waals surface area contributed by atoms with Gasteiger partial charge in [-0.2, -0.15) is 0 Å². The van der Waals surface area contributed by atoms with E-state index in [1.54, 1.807) is 19.1 Å². The van der Waals surface area contributed by atoms with E-state index in [4.69, 9.17) is 51.1 Å². The highest BCUT2D eigenvalue weighted by atomic mass is 35.5. The van der Waals surface area contributed by atoms with Crippen molar-refractivity contribution in [1.82, 2.24) is 4.90 Å². The highest BCUT2D eigenvalue weighted by molar-refractivity contribution is 6.55. The number of carbonyl (C=O) groups is 4. The number of benzene rings is 2. The van der Waals surface area contributed by atoms with Gasteiger partial charge in [-0.05, 0) is 32.4 Å². The summed E-state index contributed by atoms with van der Waals surface area (Å²) in [5, 5.41) is -0.830. The molecule has 31 heavy (non-hydrogen) atoms. The van der Waals surface area contributed by atoms with Crippen LogP contribution in [-0.2, 0) is 9.53 Å². The summed E-state index contributed by atoms with van der Waals surface area (Å²) < 4.78 is 5.08. The summed E-state index contributed by atoms with van der Waals surface area (Å²) in [7, 11) is 0. The number of ketones is 1. The topological polar surface area (TPSA) is 80.8 Å². The number of imide groups is 1. The summed E-state index contributed by atoms with van der Waals surface area (Å²) in [6.07, 6.45) is 0. The van der Waals surface area contributed by atoms with Crippen molar-refractivity contribution in [3.63, 3.8) is 0 Å². The molecule has 1 aliphatic heterocycles. The lowest BCUT2D eigenvalue weighted by atomic mass is 10.0. The molecule has 0 fully saturated rings. The molecule has 6 nitrogen and oxygen atoms in total. The van der Waals surface area contributed by atoms with Crippen LogP contribution in [0, 0.1) is 13.8 Å². The first kappa shape index (κ1) is 23.5. The number of halogens is 4. The Hall–Kier alpha value is -2.12. The van der Waals surface area contributed by atoms with E-state index in [0.717, 1.165) is 11.1 Å². The zero-order valence-electron chi connectivity index (χ0n) is 16.5. The number of amides is 2. The molecule has 2 aromatic rings. The number of rotatable bonds is 5. The smallest absolute Gasteiger partial charge is 0.329 e. The number of fused-ring (bicyclic) bond motifs is 1. The van der Waals surface area contributed by atoms with Crippen molar-refractivity contribution in [2.75, 3.05) is 6.61 Å². The van der Waals surface area contributed by atoms with Gasteiger partial charge in [0.1, 0.15) is 6.04 Å². The predicted octanol–water partition coefficient (Wildman–Crippen LogP) is 5.33. The van der Waals surface area contributed by atoms with Crippen molar-refractivity contribution in [1.29, 1.82) is 0 Å². The Balaban J connectivity index is 1.80. The van der Waals surface area contributed by atoms with Crippen LogP contribution in [0.5, 0.6) is 0 Å². The quantitative estimate of drug-likeness (QED) is 0.181. The Morgan fingerprint density at radius 1 is 0.935 bits per heavy atom. The summed E-state index contributed by atoms with van der Waals surface area (Å²) in [4.78, 5) is 51.3. The van der Waals surface area contributed by atoms with Gasteiger partial charge in [-0.25, -0.2) is 4.79 Å². The van der Waals surface area contributed by atoms with Crippen molar-refractivity contribution in [3.8, 4) is 0 Å². The Morgan fingerprint density at radius 3 is 1.97 bits per heavy atom. The summed E-state index contributed by atoms with van der Waals surface area (Å²) in [5.74, 6) is -3.09. The van der Waals surface area contributed by atoms with Gasteiger partial charge in [0, 0.05) is 5.56 Å². The third-order valence-corrected chi connectivity index (χ3v) is 6.70. The van der Waals surface area contributed by atoms with Gasteiger partial charge in [-0.3, -0.25) is 19.3 Å². The molecule has 162 valence electrons. The Kier molecular flexibility index (Phi) is 6.67. The molecule has 1 heterocycles. The zero-order chi connectivity index (χ0) is 23.2. The van der Waals surface area contributed by atoms with Crippen LogP contribution in [0.4, 0.5) is 0 Å². The maximum atomic E-state index is 12.8. The molecule has 0 radical (unpaired) electrons. The molecule has 2 amide bonds. The fourth-order valence-electron chi connectivity index (χ4n) is 3.19. The summed E-state index contributed by atoms with van der Waals surface area (Å²) in [6.45, 7) is 4.34. The monoisotopic (exact) mass is 501 g/mol. The third-order valence-electron chi connectivity index (χ3n) is 4.90. The van der Waals surface area contributed by atoms with E-state index in [2.05, 4.69) is 0 Å². The molecule has 3 rings (SSSR count). The molecule has 1 atom stereocenters. The highest BCUT2D eigenvalue weighted by Gasteiger charge is 2.45. The first-order chi connectivity index (χ1) is 14.5. The lowest BCUT2D eigenvalue weighted by molar-refractivity contribution is -0.146. The molecule has 0 aliphatic carbocycles. The molecule has 10 heteroatoms. The van der Waals surface area contributed by atoms with Crippen LogP contribution in [0.15, 0.2) is 18.2 Å². The maximum absolute atomic E-state index is 12.8.